The first-order valence-electron chi connectivity index (χ1n) is 4.51. The highest BCUT2D eigenvalue weighted by atomic mass is 16.2. The lowest BCUT2D eigenvalue weighted by molar-refractivity contribution is 0.208. The lowest BCUT2D eigenvalue weighted by Crippen LogP contribution is -2.41. The van der Waals surface area contributed by atoms with Crippen LogP contribution >= 0.6 is 0 Å². The second-order valence-corrected chi connectivity index (χ2v) is 3.15. The summed E-state index contributed by atoms with van der Waals surface area (Å²) in [6.45, 7) is 1.63. The number of hydrogen-bond acceptors (Lipinski definition) is 3. The van der Waals surface area contributed by atoms with Crippen molar-refractivity contribution in [2.75, 3.05) is 18.4 Å². The normalized spacial score (nSPS) is 14.9. The van der Waals surface area contributed by atoms with Gasteiger partial charge in [0.05, 0.1) is 6.54 Å². The molecule has 2 rings (SSSR count). The SMILES string of the molecule is NCCN1Cc2cccnc2NC1=O. The van der Waals surface area contributed by atoms with E-state index in [9.17, 15) is 4.79 Å². The number of rotatable bonds is 2. The summed E-state index contributed by atoms with van der Waals surface area (Å²) in [6, 6.07) is 3.68. The zero-order chi connectivity index (χ0) is 9.97. The molecular weight excluding hydrogens is 180 g/mol. The largest absolute Gasteiger partial charge is 0.329 e. The van der Waals surface area contributed by atoms with Crippen LogP contribution in [0, 0.1) is 0 Å². The molecule has 0 radical (unpaired) electrons. The molecule has 1 aliphatic rings. The van der Waals surface area contributed by atoms with E-state index in [1.807, 2.05) is 12.1 Å². The van der Waals surface area contributed by atoms with E-state index in [2.05, 4.69) is 10.3 Å². The van der Waals surface area contributed by atoms with E-state index in [4.69, 9.17) is 5.73 Å². The molecule has 1 aliphatic heterocycles. The number of hydrogen-bond donors (Lipinski definition) is 2. The highest BCUT2D eigenvalue weighted by molar-refractivity contribution is 5.91. The van der Waals surface area contributed by atoms with Crippen molar-refractivity contribution in [1.29, 1.82) is 0 Å². The van der Waals surface area contributed by atoms with Gasteiger partial charge in [0.25, 0.3) is 0 Å². The summed E-state index contributed by atoms with van der Waals surface area (Å²) in [5.74, 6) is 0.658. The maximum absolute atomic E-state index is 11.5. The molecule has 0 saturated heterocycles. The minimum absolute atomic E-state index is 0.123. The minimum atomic E-state index is -0.123. The van der Waals surface area contributed by atoms with E-state index in [1.54, 1.807) is 11.1 Å². The molecule has 5 nitrogen and oxygen atoms in total. The van der Waals surface area contributed by atoms with Gasteiger partial charge in [0.15, 0.2) is 0 Å². The predicted molar refractivity (Wildman–Crippen MR) is 52.7 cm³/mol. The molecule has 74 valence electrons. The van der Waals surface area contributed by atoms with E-state index in [0.717, 1.165) is 5.56 Å². The van der Waals surface area contributed by atoms with Gasteiger partial charge >= 0.3 is 6.03 Å². The molecule has 14 heavy (non-hydrogen) atoms. The van der Waals surface area contributed by atoms with Crippen molar-refractivity contribution in [3.05, 3.63) is 23.9 Å². The number of pyridine rings is 1. The van der Waals surface area contributed by atoms with Crippen LogP contribution in [-0.4, -0.2) is 29.0 Å². The first-order valence-corrected chi connectivity index (χ1v) is 4.51. The van der Waals surface area contributed by atoms with Crippen molar-refractivity contribution in [3.63, 3.8) is 0 Å². The first-order chi connectivity index (χ1) is 6.81. The van der Waals surface area contributed by atoms with Crippen molar-refractivity contribution >= 4 is 11.8 Å². The minimum Gasteiger partial charge on any atom is -0.329 e. The summed E-state index contributed by atoms with van der Waals surface area (Å²) in [4.78, 5) is 17.2. The molecule has 0 saturated carbocycles. The van der Waals surface area contributed by atoms with Crippen LogP contribution in [0.3, 0.4) is 0 Å². The van der Waals surface area contributed by atoms with Gasteiger partial charge in [0.2, 0.25) is 0 Å². The third-order valence-electron chi connectivity index (χ3n) is 2.16. The van der Waals surface area contributed by atoms with Crippen LogP contribution in [0.4, 0.5) is 10.6 Å². The fraction of sp³-hybridized carbons (Fsp3) is 0.333. The third-order valence-corrected chi connectivity index (χ3v) is 2.16. The van der Waals surface area contributed by atoms with Crippen molar-refractivity contribution in [3.8, 4) is 0 Å². The molecule has 3 N–H and O–H groups in total. The Morgan fingerprint density at radius 1 is 1.64 bits per heavy atom. The average molecular weight is 192 g/mol. The Morgan fingerprint density at radius 3 is 3.29 bits per heavy atom. The lowest BCUT2D eigenvalue weighted by atomic mass is 10.2. The predicted octanol–water partition coefficient (Wildman–Crippen LogP) is 0.388. The van der Waals surface area contributed by atoms with Gasteiger partial charge < -0.3 is 10.6 Å². The summed E-state index contributed by atoms with van der Waals surface area (Å²) in [5, 5.41) is 2.72. The average Bonchev–Trinajstić information content (AvgIpc) is 2.19. The van der Waals surface area contributed by atoms with E-state index >= 15 is 0 Å². The third kappa shape index (κ3) is 1.54. The van der Waals surface area contributed by atoms with Crippen LogP contribution in [0.5, 0.6) is 0 Å². The van der Waals surface area contributed by atoms with Crippen LogP contribution in [-0.2, 0) is 6.54 Å². The van der Waals surface area contributed by atoms with Gasteiger partial charge in [-0.2, -0.15) is 0 Å². The second-order valence-electron chi connectivity index (χ2n) is 3.15. The molecule has 5 heteroatoms. The fourth-order valence-electron chi connectivity index (χ4n) is 1.47. The quantitative estimate of drug-likeness (QED) is 0.712. The van der Waals surface area contributed by atoms with E-state index in [0.29, 0.717) is 25.5 Å². The number of anilines is 1. The Hall–Kier alpha value is -1.62. The number of aromatic nitrogens is 1. The molecular formula is C9H12N4O. The smallest absolute Gasteiger partial charge is 0.323 e. The number of fused-ring (bicyclic) bond motifs is 1. The Kier molecular flexibility index (Phi) is 2.32. The van der Waals surface area contributed by atoms with Crippen LogP contribution in [0.1, 0.15) is 5.56 Å². The van der Waals surface area contributed by atoms with Crippen molar-refractivity contribution in [1.82, 2.24) is 9.88 Å². The van der Waals surface area contributed by atoms with Crippen LogP contribution < -0.4 is 11.1 Å². The molecule has 1 aromatic rings. The van der Waals surface area contributed by atoms with Gasteiger partial charge in [-0.05, 0) is 6.07 Å². The summed E-state index contributed by atoms with van der Waals surface area (Å²) in [6.07, 6.45) is 1.66. The zero-order valence-electron chi connectivity index (χ0n) is 7.73. The molecule has 0 aliphatic carbocycles. The maximum Gasteiger partial charge on any atom is 0.323 e. The highest BCUT2D eigenvalue weighted by Crippen LogP contribution is 2.19. The first kappa shape index (κ1) is 8.96. The molecule has 2 heterocycles. The Morgan fingerprint density at radius 2 is 2.50 bits per heavy atom. The standard InChI is InChI=1S/C9H12N4O/c10-3-5-13-6-7-2-1-4-11-8(7)12-9(13)14/h1-2,4H,3,5-6,10H2,(H,11,12,14). The van der Waals surface area contributed by atoms with Crippen LogP contribution in [0.2, 0.25) is 0 Å². The monoisotopic (exact) mass is 192 g/mol. The topological polar surface area (TPSA) is 71.2 Å². The molecule has 0 spiro atoms. The number of carbonyl (C=O) groups is 1. The maximum atomic E-state index is 11.5. The molecule has 0 bridgehead atoms. The summed E-state index contributed by atoms with van der Waals surface area (Å²) in [5.41, 5.74) is 6.43. The summed E-state index contributed by atoms with van der Waals surface area (Å²) < 4.78 is 0. The van der Waals surface area contributed by atoms with Gasteiger partial charge in [-0.25, -0.2) is 9.78 Å². The van der Waals surface area contributed by atoms with Gasteiger partial charge in [-0.15, -0.1) is 0 Å². The van der Waals surface area contributed by atoms with Gasteiger partial charge in [-0.1, -0.05) is 6.07 Å². The highest BCUT2D eigenvalue weighted by Gasteiger charge is 2.21. The van der Waals surface area contributed by atoms with Crippen LogP contribution in [0.25, 0.3) is 0 Å². The van der Waals surface area contributed by atoms with E-state index in [-0.39, 0.29) is 6.03 Å². The number of urea groups is 1. The molecule has 0 aromatic carbocycles. The molecule has 0 atom stereocenters. The second kappa shape index (κ2) is 3.63. The summed E-state index contributed by atoms with van der Waals surface area (Å²) in [7, 11) is 0. The van der Waals surface area contributed by atoms with Gasteiger partial charge in [0, 0.05) is 24.8 Å². The van der Waals surface area contributed by atoms with E-state index < -0.39 is 0 Å². The molecule has 1 aromatic heterocycles. The summed E-state index contributed by atoms with van der Waals surface area (Å²) >= 11 is 0. The van der Waals surface area contributed by atoms with E-state index in [1.165, 1.54) is 0 Å². The van der Waals surface area contributed by atoms with Crippen molar-refractivity contribution < 1.29 is 4.79 Å². The zero-order valence-corrected chi connectivity index (χ0v) is 7.73. The Labute approximate surface area is 81.9 Å². The Bertz CT molecular complexity index is 352. The lowest BCUT2D eigenvalue weighted by Gasteiger charge is -2.27. The molecule has 0 fully saturated rings. The van der Waals surface area contributed by atoms with Gasteiger partial charge in [0.1, 0.15) is 5.82 Å². The van der Waals surface area contributed by atoms with Crippen LogP contribution in [0.15, 0.2) is 18.3 Å². The number of nitrogens with zero attached hydrogens (tertiary/aromatic N) is 2. The van der Waals surface area contributed by atoms with Gasteiger partial charge in [-0.3, -0.25) is 5.32 Å². The van der Waals surface area contributed by atoms with Crippen molar-refractivity contribution in [2.45, 2.75) is 6.54 Å². The molecule has 0 unspecified atom stereocenters. The number of amides is 2. The van der Waals surface area contributed by atoms with Crippen molar-refractivity contribution in [2.24, 2.45) is 5.73 Å². The number of nitrogens with one attached hydrogen (secondary N) is 1. The molecule has 2 amide bonds. The fourth-order valence-corrected chi connectivity index (χ4v) is 1.47. The number of carbonyl (C=O) groups excluding carboxylic acids is 1. The Balaban J connectivity index is 2.22. The number of nitrogens with two attached hydrogens (primary N) is 1.